The standard InChI is InChI=1S/C18H19N3O5/c1-2-20(12-13-6-7-16-17(10-13)26-9-8-25-16)18(22)19-14-4-3-5-15(11-14)21(23)24/h3-7,10-11H,2,8-9,12H2,1H3,(H,19,22). The van der Waals surface area contributed by atoms with Crippen molar-refractivity contribution in [2.24, 2.45) is 0 Å². The molecule has 2 aromatic carbocycles. The fourth-order valence-electron chi connectivity index (χ4n) is 2.63. The molecule has 0 spiro atoms. The average Bonchev–Trinajstić information content (AvgIpc) is 2.66. The fraction of sp³-hybridized carbons (Fsp3) is 0.278. The van der Waals surface area contributed by atoms with E-state index in [9.17, 15) is 14.9 Å². The van der Waals surface area contributed by atoms with E-state index in [0.717, 1.165) is 5.56 Å². The van der Waals surface area contributed by atoms with Gasteiger partial charge in [-0.05, 0) is 30.7 Å². The summed E-state index contributed by atoms with van der Waals surface area (Å²) in [4.78, 5) is 24.5. The van der Waals surface area contributed by atoms with Gasteiger partial charge in [-0.2, -0.15) is 0 Å². The molecule has 1 N–H and O–H groups in total. The molecule has 0 atom stereocenters. The number of carbonyl (C=O) groups excluding carboxylic acids is 1. The summed E-state index contributed by atoms with van der Waals surface area (Å²) in [6, 6.07) is 11.1. The largest absolute Gasteiger partial charge is 0.486 e. The minimum absolute atomic E-state index is 0.0716. The molecule has 8 heteroatoms. The SMILES string of the molecule is CCN(Cc1ccc2c(c1)OCCO2)C(=O)Nc1cccc([N+](=O)[O-])c1. The predicted molar refractivity (Wildman–Crippen MR) is 95.6 cm³/mol. The molecule has 0 aliphatic carbocycles. The van der Waals surface area contributed by atoms with Crippen molar-refractivity contribution in [2.75, 3.05) is 25.1 Å². The first-order valence-corrected chi connectivity index (χ1v) is 8.25. The van der Waals surface area contributed by atoms with Gasteiger partial charge in [0.2, 0.25) is 0 Å². The molecule has 3 rings (SSSR count). The van der Waals surface area contributed by atoms with E-state index in [1.807, 2.05) is 25.1 Å². The number of non-ortho nitro benzene ring substituents is 1. The number of nitro groups is 1. The Morgan fingerprint density at radius 3 is 2.69 bits per heavy atom. The highest BCUT2D eigenvalue weighted by Gasteiger charge is 2.16. The smallest absolute Gasteiger partial charge is 0.322 e. The lowest BCUT2D eigenvalue weighted by Crippen LogP contribution is -2.34. The summed E-state index contributed by atoms with van der Waals surface area (Å²) in [5.74, 6) is 1.37. The highest BCUT2D eigenvalue weighted by atomic mass is 16.6. The fourth-order valence-corrected chi connectivity index (χ4v) is 2.63. The van der Waals surface area contributed by atoms with Gasteiger partial charge in [-0.3, -0.25) is 10.1 Å². The first-order chi connectivity index (χ1) is 12.6. The van der Waals surface area contributed by atoms with Crippen molar-refractivity contribution in [1.82, 2.24) is 4.90 Å². The number of nitrogens with one attached hydrogen (secondary N) is 1. The molecule has 26 heavy (non-hydrogen) atoms. The lowest BCUT2D eigenvalue weighted by molar-refractivity contribution is -0.384. The van der Waals surface area contributed by atoms with E-state index in [-0.39, 0.29) is 11.7 Å². The Bertz CT molecular complexity index is 824. The van der Waals surface area contributed by atoms with Gasteiger partial charge < -0.3 is 19.7 Å². The van der Waals surface area contributed by atoms with E-state index in [0.29, 0.717) is 43.5 Å². The number of hydrogen-bond acceptors (Lipinski definition) is 5. The highest BCUT2D eigenvalue weighted by molar-refractivity contribution is 5.89. The van der Waals surface area contributed by atoms with E-state index in [1.165, 1.54) is 18.2 Å². The van der Waals surface area contributed by atoms with Crippen LogP contribution in [0.4, 0.5) is 16.2 Å². The molecule has 2 amide bonds. The summed E-state index contributed by atoms with van der Waals surface area (Å²) in [6.45, 7) is 3.76. The number of urea groups is 1. The van der Waals surface area contributed by atoms with Gasteiger partial charge in [0, 0.05) is 30.9 Å². The third kappa shape index (κ3) is 4.02. The van der Waals surface area contributed by atoms with Crippen LogP contribution in [-0.4, -0.2) is 35.6 Å². The second-order valence-corrected chi connectivity index (χ2v) is 5.73. The zero-order valence-corrected chi connectivity index (χ0v) is 14.3. The van der Waals surface area contributed by atoms with Gasteiger partial charge in [-0.15, -0.1) is 0 Å². The number of anilines is 1. The third-order valence-electron chi connectivity index (χ3n) is 3.96. The summed E-state index contributed by atoms with van der Waals surface area (Å²) >= 11 is 0. The van der Waals surface area contributed by atoms with Crippen molar-refractivity contribution in [3.63, 3.8) is 0 Å². The van der Waals surface area contributed by atoms with Crippen molar-refractivity contribution in [2.45, 2.75) is 13.5 Å². The monoisotopic (exact) mass is 357 g/mol. The van der Waals surface area contributed by atoms with Gasteiger partial charge in [-0.1, -0.05) is 12.1 Å². The molecule has 0 radical (unpaired) electrons. The van der Waals surface area contributed by atoms with Crippen LogP contribution in [0.1, 0.15) is 12.5 Å². The summed E-state index contributed by atoms with van der Waals surface area (Å²) in [5.41, 5.74) is 1.22. The van der Waals surface area contributed by atoms with Crippen molar-refractivity contribution >= 4 is 17.4 Å². The number of amides is 2. The topological polar surface area (TPSA) is 93.9 Å². The summed E-state index contributed by atoms with van der Waals surface area (Å²) in [6.07, 6.45) is 0. The maximum atomic E-state index is 12.5. The zero-order chi connectivity index (χ0) is 18.5. The quantitative estimate of drug-likeness (QED) is 0.654. The van der Waals surface area contributed by atoms with E-state index in [2.05, 4.69) is 5.32 Å². The molecule has 2 aromatic rings. The Balaban J connectivity index is 1.69. The zero-order valence-electron chi connectivity index (χ0n) is 14.3. The van der Waals surface area contributed by atoms with E-state index >= 15 is 0 Å². The Morgan fingerprint density at radius 1 is 1.19 bits per heavy atom. The number of fused-ring (bicyclic) bond motifs is 1. The number of ether oxygens (including phenoxy) is 2. The van der Waals surface area contributed by atoms with Crippen LogP contribution in [0.3, 0.4) is 0 Å². The van der Waals surface area contributed by atoms with Crippen molar-refractivity contribution in [3.8, 4) is 11.5 Å². The summed E-state index contributed by atoms with van der Waals surface area (Å²) in [5, 5.41) is 13.5. The second-order valence-electron chi connectivity index (χ2n) is 5.73. The van der Waals surface area contributed by atoms with Crippen LogP contribution in [0.5, 0.6) is 11.5 Å². The maximum absolute atomic E-state index is 12.5. The Labute approximate surface area is 150 Å². The molecule has 8 nitrogen and oxygen atoms in total. The Morgan fingerprint density at radius 2 is 1.96 bits per heavy atom. The minimum atomic E-state index is -0.498. The molecular weight excluding hydrogens is 338 g/mol. The average molecular weight is 357 g/mol. The molecule has 1 aliphatic heterocycles. The van der Waals surface area contributed by atoms with Crippen LogP contribution in [0.2, 0.25) is 0 Å². The lowest BCUT2D eigenvalue weighted by atomic mass is 10.2. The van der Waals surface area contributed by atoms with E-state index in [1.54, 1.807) is 11.0 Å². The van der Waals surface area contributed by atoms with Crippen LogP contribution >= 0.6 is 0 Å². The third-order valence-corrected chi connectivity index (χ3v) is 3.96. The predicted octanol–water partition coefficient (Wildman–Crippen LogP) is 3.42. The molecule has 0 fully saturated rings. The van der Waals surface area contributed by atoms with Crippen molar-refractivity contribution in [1.29, 1.82) is 0 Å². The van der Waals surface area contributed by atoms with Crippen molar-refractivity contribution in [3.05, 3.63) is 58.1 Å². The molecule has 1 aliphatic rings. The number of hydrogen-bond donors (Lipinski definition) is 1. The van der Waals surface area contributed by atoms with E-state index < -0.39 is 4.92 Å². The highest BCUT2D eigenvalue weighted by Crippen LogP contribution is 2.31. The minimum Gasteiger partial charge on any atom is -0.486 e. The van der Waals surface area contributed by atoms with Gasteiger partial charge in [0.05, 0.1) is 4.92 Å². The number of benzene rings is 2. The number of nitro benzene ring substituents is 1. The van der Waals surface area contributed by atoms with Crippen LogP contribution in [0, 0.1) is 10.1 Å². The molecule has 0 aromatic heterocycles. The van der Waals surface area contributed by atoms with Crippen LogP contribution in [0.25, 0.3) is 0 Å². The number of nitrogens with zero attached hydrogens (tertiary/aromatic N) is 2. The normalized spacial score (nSPS) is 12.3. The Hall–Kier alpha value is -3.29. The van der Waals surface area contributed by atoms with Crippen LogP contribution in [-0.2, 0) is 6.54 Å². The lowest BCUT2D eigenvalue weighted by Gasteiger charge is -2.23. The van der Waals surface area contributed by atoms with Crippen LogP contribution in [0.15, 0.2) is 42.5 Å². The molecule has 0 saturated carbocycles. The second kappa shape index (κ2) is 7.73. The van der Waals surface area contributed by atoms with Gasteiger partial charge in [0.15, 0.2) is 11.5 Å². The molecule has 136 valence electrons. The van der Waals surface area contributed by atoms with Crippen LogP contribution < -0.4 is 14.8 Å². The summed E-state index contributed by atoms with van der Waals surface area (Å²) in [7, 11) is 0. The van der Waals surface area contributed by atoms with E-state index in [4.69, 9.17) is 9.47 Å². The van der Waals surface area contributed by atoms with Gasteiger partial charge in [0.1, 0.15) is 13.2 Å². The first kappa shape index (κ1) is 17.5. The molecule has 0 bridgehead atoms. The summed E-state index contributed by atoms with van der Waals surface area (Å²) < 4.78 is 11.1. The van der Waals surface area contributed by atoms with Gasteiger partial charge in [0.25, 0.3) is 5.69 Å². The number of rotatable bonds is 5. The maximum Gasteiger partial charge on any atom is 0.322 e. The first-order valence-electron chi connectivity index (χ1n) is 8.25. The molecule has 1 heterocycles. The molecule has 0 unspecified atom stereocenters. The molecular formula is C18H19N3O5. The van der Waals surface area contributed by atoms with Gasteiger partial charge in [-0.25, -0.2) is 4.79 Å². The van der Waals surface area contributed by atoms with Crippen molar-refractivity contribution < 1.29 is 19.2 Å². The number of carbonyl (C=O) groups is 1. The Kier molecular flexibility index (Phi) is 5.21. The molecule has 0 saturated heterocycles. The van der Waals surface area contributed by atoms with Gasteiger partial charge >= 0.3 is 6.03 Å².